The van der Waals surface area contributed by atoms with Crippen LogP contribution in [0.4, 0.5) is 20.6 Å². The minimum Gasteiger partial charge on any atom is -0.442 e. The lowest BCUT2D eigenvalue weighted by Crippen LogP contribution is -2.71. The van der Waals surface area contributed by atoms with Crippen molar-refractivity contribution in [2.24, 2.45) is 0 Å². The Morgan fingerprint density at radius 1 is 1.33 bits per heavy atom. The molecule has 0 aliphatic carbocycles. The molecule has 2 saturated heterocycles. The van der Waals surface area contributed by atoms with Crippen LogP contribution in [0.2, 0.25) is 0 Å². The summed E-state index contributed by atoms with van der Waals surface area (Å²) in [5, 5.41) is 41.8. The molecule has 166 valence electrons. The highest BCUT2D eigenvalue weighted by atomic mass is 19.1. The zero-order chi connectivity index (χ0) is 22.3. The fourth-order valence-electron chi connectivity index (χ4n) is 3.54. The first-order chi connectivity index (χ1) is 13.9. The SMILES string of the molecule is CO[N+]1(c2ccc(N3CC(CNC(C)=O)OC3=O)cc2F)CC(O)(O)OC(O)(O)C1. The Kier molecular flexibility index (Phi) is 5.72. The maximum atomic E-state index is 15.0. The number of carbonyl (C=O) groups excluding carboxylic acids is 2. The molecule has 5 N–H and O–H groups in total. The molecule has 13 heteroatoms. The second-order valence-electron chi connectivity index (χ2n) is 7.17. The standard InChI is InChI=1S/C17H22FN3O9/c1-10(22)19-6-12-7-20(15(23)29-12)11-3-4-14(13(18)5-11)21(28-2)8-16(24,25)30-17(26,27)9-21/h3-5,12,24-27H,6-9H2,1-2H3/p+1. The van der Waals surface area contributed by atoms with Gasteiger partial charge >= 0.3 is 18.0 Å². The number of nitrogens with zero attached hydrogens (tertiary/aromatic N) is 2. The average Bonchev–Trinajstić information content (AvgIpc) is 2.97. The first-order valence-electron chi connectivity index (χ1n) is 8.92. The highest BCUT2D eigenvalue weighted by Crippen LogP contribution is 2.37. The molecule has 1 aromatic rings. The Balaban J connectivity index is 1.86. The molecule has 1 atom stereocenters. The summed E-state index contributed by atoms with van der Waals surface area (Å²) in [5.74, 6) is -7.23. The number of amides is 2. The topological polar surface area (TPSA) is 158 Å². The first kappa shape index (κ1) is 22.3. The van der Waals surface area contributed by atoms with Gasteiger partial charge in [-0.15, -0.1) is 4.65 Å². The fourth-order valence-corrected chi connectivity index (χ4v) is 3.54. The molecule has 3 rings (SSSR count). The van der Waals surface area contributed by atoms with Gasteiger partial charge in [0.25, 0.3) is 0 Å². The van der Waals surface area contributed by atoms with E-state index in [2.05, 4.69) is 10.1 Å². The third kappa shape index (κ3) is 4.52. The van der Waals surface area contributed by atoms with E-state index in [1.807, 2.05) is 0 Å². The summed E-state index contributed by atoms with van der Waals surface area (Å²) in [7, 11) is 1.12. The molecular weight excluding hydrogens is 409 g/mol. The van der Waals surface area contributed by atoms with Crippen LogP contribution < -0.4 is 14.9 Å². The number of hydrogen-bond acceptors (Lipinski definition) is 9. The summed E-state index contributed by atoms with van der Waals surface area (Å²) in [6, 6.07) is 3.57. The Morgan fingerprint density at radius 2 is 1.97 bits per heavy atom. The molecule has 2 heterocycles. The number of benzene rings is 1. The van der Waals surface area contributed by atoms with Crippen LogP contribution in [0.1, 0.15) is 6.92 Å². The van der Waals surface area contributed by atoms with Crippen molar-refractivity contribution in [1.29, 1.82) is 0 Å². The molecule has 2 amide bonds. The number of hydroxylamine groups is 2. The molecular formula is C17H23FN3O9+. The maximum absolute atomic E-state index is 15.0. The van der Waals surface area contributed by atoms with Crippen LogP contribution in [0.15, 0.2) is 18.2 Å². The van der Waals surface area contributed by atoms with Crippen LogP contribution in [-0.2, 0) is 19.1 Å². The fraction of sp³-hybridized carbons (Fsp3) is 0.529. The third-order valence-corrected chi connectivity index (χ3v) is 4.73. The first-order valence-corrected chi connectivity index (χ1v) is 8.92. The number of hydrogen-bond donors (Lipinski definition) is 5. The van der Waals surface area contributed by atoms with Crippen molar-refractivity contribution < 1.29 is 48.7 Å². The van der Waals surface area contributed by atoms with Crippen molar-refractivity contribution in [2.75, 3.05) is 38.2 Å². The highest BCUT2D eigenvalue weighted by molar-refractivity contribution is 5.90. The summed E-state index contributed by atoms with van der Waals surface area (Å²) in [6.45, 7) is -0.0428. The van der Waals surface area contributed by atoms with Crippen LogP contribution in [0, 0.1) is 5.82 Å². The van der Waals surface area contributed by atoms with Gasteiger partial charge in [-0.2, -0.15) is 0 Å². The molecule has 0 spiro atoms. The van der Waals surface area contributed by atoms with E-state index in [1.165, 1.54) is 24.0 Å². The summed E-state index contributed by atoms with van der Waals surface area (Å²) < 4.78 is 23.5. The second kappa shape index (κ2) is 7.70. The van der Waals surface area contributed by atoms with Crippen LogP contribution in [0.5, 0.6) is 0 Å². The van der Waals surface area contributed by atoms with Gasteiger partial charge in [0, 0.05) is 19.1 Å². The van der Waals surface area contributed by atoms with E-state index >= 15 is 4.39 Å². The summed E-state index contributed by atoms with van der Waals surface area (Å²) in [4.78, 5) is 29.5. The van der Waals surface area contributed by atoms with Gasteiger partial charge in [-0.1, -0.05) is 0 Å². The lowest BCUT2D eigenvalue weighted by atomic mass is 10.2. The predicted octanol–water partition coefficient (Wildman–Crippen LogP) is -1.54. The van der Waals surface area contributed by atoms with Crippen LogP contribution in [0.3, 0.4) is 0 Å². The molecule has 0 bridgehead atoms. The summed E-state index contributed by atoms with van der Waals surface area (Å²) in [5.41, 5.74) is -0.112. The lowest BCUT2D eigenvalue weighted by Gasteiger charge is -2.45. The molecule has 0 saturated carbocycles. The Bertz CT molecular complexity index is 832. The monoisotopic (exact) mass is 432 g/mol. The second-order valence-corrected chi connectivity index (χ2v) is 7.17. The van der Waals surface area contributed by atoms with Gasteiger partial charge in [0.2, 0.25) is 11.6 Å². The molecule has 2 aliphatic heterocycles. The van der Waals surface area contributed by atoms with Crippen molar-refractivity contribution in [2.45, 2.75) is 25.0 Å². The molecule has 0 aromatic heterocycles. The number of ether oxygens (including phenoxy) is 2. The quantitative estimate of drug-likeness (QED) is 0.275. The summed E-state index contributed by atoms with van der Waals surface area (Å²) >= 11 is 0. The van der Waals surface area contributed by atoms with E-state index in [1.54, 1.807) is 0 Å². The minimum atomic E-state index is -3.02. The molecule has 12 nitrogen and oxygen atoms in total. The van der Waals surface area contributed by atoms with Gasteiger partial charge < -0.3 is 30.5 Å². The van der Waals surface area contributed by atoms with Gasteiger partial charge in [-0.25, -0.2) is 14.0 Å². The highest BCUT2D eigenvalue weighted by Gasteiger charge is 2.58. The van der Waals surface area contributed by atoms with Crippen molar-refractivity contribution in [3.63, 3.8) is 0 Å². The molecule has 2 aliphatic rings. The summed E-state index contributed by atoms with van der Waals surface area (Å²) in [6.07, 6.45) is -1.34. The van der Waals surface area contributed by atoms with Gasteiger partial charge in [-0.05, 0) is 6.07 Å². The average molecular weight is 432 g/mol. The molecule has 1 aromatic carbocycles. The van der Waals surface area contributed by atoms with Crippen molar-refractivity contribution >= 4 is 23.4 Å². The Hall–Kier alpha value is -2.39. The molecule has 2 fully saturated rings. The van der Waals surface area contributed by atoms with Crippen molar-refractivity contribution in [1.82, 2.24) is 9.96 Å². The Labute approximate surface area is 170 Å². The molecule has 0 radical (unpaired) electrons. The number of rotatable bonds is 5. The number of quaternary nitrogens is 1. The minimum absolute atomic E-state index is 0.0722. The van der Waals surface area contributed by atoms with Crippen molar-refractivity contribution in [3.05, 3.63) is 24.0 Å². The zero-order valence-corrected chi connectivity index (χ0v) is 16.2. The van der Waals surface area contributed by atoms with Gasteiger partial charge in [0.1, 0.15) is 6.10 Å². The maximum Gasteiger partial charge on any atom is 0.414 e. The Morgan fingerprint density at radius 3 is 2.50 bits per heavy atom. The van der Waals surface area contributed by atoms with E-state index in [0.29, 0.717) is 0 Å². The lowest BCUT2D eigenvalue weighted by molar-refractivity contribution is -0.509. The number of aliphatic hydroxyl groups is 4. The number of nitrogens with one attached hydrogen (secondary N) is 1. The smallest absolute Gasteiger partial charge is 0.414 e. The van der Waals surface area contributed by atoms with E-state index < -0.39 is 47.7 Å². The van der Waals surface area contributed by atoms with Crippen molar-refractivity contribution in [3.8, 4) is 0 Å². The number of anilines is 1. The normalized spacial score (nSPS) is 24.4. The number of morpholine rings is 1. The van der Waals surface area contributed by atoms with Crippen LogP contribution in [-0.4, -0.2) is 83.8 Å². The zero-order valence-electron chi connectivity index (χ0n) is 16.2. The van der Waals surface area contributed by atoms with Crippen LogP contribution >= 0.6 is 0 Å². The molecule has 1 unspecified atom stereocenters. The van der Waals surface area contributed by atoms with Gasteiger partial charge in [0.05, 0.1) is 25.9 Å². The van der Waals surface area contributed by atoms with E-state index in [4.69, 9.17) is 9.57 Å². The largest absolute Gasteiger partial charge is 0.442 e. The number of carbonyl (C=O) groups is 2. The molecule has 30 heavy (non-hydrogen) atoms. The van der Waals surface area contributed by atoms with E-state index in [9.17, 15) is 30.0 Å². The van der Waals surface area contributed by atoms with Gasteiger partial charge in [0.15, 0.2) is 18.9 Å². The number of halogens is 1. The number of cyclic esters (lactones) is 1. The van der Waals surface area contributed by atoms with E-state index in [0.717, 1.165) is 13.2 Å². The van der Waals surface area contributed by atoms with Crippen LogP contribution in [0.25, 0.3) is 0 Å². The van der Waals surface area contributed by atoms with Gasteiger partial charge in [-0.3, -0.25) is 14.4 Å². The van der Waals surface area contributed by atoms with E-state index in [-0.39, 0.29) is 30.4 Å². The third-order valence-electron chi connectivity index (χ3n) is 4.73. The predicted molar refractivity (Wildman–Crippen MR) is 96.7 cm³/mol.